The number of hydrogen-bond acceptors (Lipinski definition) is 2. The maximum Gasteiger partial charge on any atom is 0.269 e. The SMILES string of the molecule is COc1nc(Br)cc(CBr)c1C(F)F. The topological polar surface area (TPSA) is 22.1 Å². The fourth-order valence-corrected chi connectivity index (χ4v) is 1.95. The fourth-order valence-electron chi connectivity index (χ4n) is 1.05. The molecule has 0 saturated carbocycles. The molecule has 0 aliphatic heterocycles. The Bertz CT molecular complexity index is 308. The van der Waals surface area contributed by atoms with Gasteiger partial charge in [-0.2, -0.15) is 0 Å². The molecular weight excluding hydrogens is 324 g/mol. The first-order valence-electron chi connectivity index (χ1n) is 3.67. The largest absolute Gasteiger partial charge is 0.481 e. The van der Waals surface area contributed by atoms with Crippen molar-refractivity contribution in [1.82, 2.24) is 4.98 Å². The Labute approximate surface area is 96.9 Å². The highest BCUT2D eigenvalue weighted by molar-refractivity contribution is 9.10. The van der Waals surface area contributed by atoms with E-state index in [1.165, 1.54) is 7.11 Å². The highest BCUT2D eigenvalue weighted by Gasteiger charge is 2.20. The van der Waals surface area contributed by atoms with Crippen LogP contribution in [0, 0.1) is 0 Å². The minimum absolute atomic E-state index is 0.0381. The van der Waals surface area contributed by atoms with Crippen molar-refractivity contribution in [3.8, 4) is 5.88 Å². The van der Waals surface area contributed by atoms with Crippen LogP contribution in [0.4, 0.5) is 8.78 Å². The van der Waals surface area contributed by atoms with Crippen LogP contribution >= 0.6 is 31.9 Å². The molecule has 78 valence electrons. The summed E-state index contributed by atoms with van der Waals surface area (Å²) in [5.74, 6) is -0.0381. The lowest BCUT2D eigenvalue weighted by Gasteiger charge is -2.11. The number of hydrogen-bond donors (Lipinski definition) is 0. The van der Waals surface area contributed by atoms with Gasteiger partial charge in [-0.15, -0.1) is 0 Å². The van der Waals surface area contributed by atoms with Gasteiger partial charge in [0.15, 0.2) is 0 Å². The monoisotopic (exact) mass is 329 g/mol. The van der Waals surface area contributed by atoms with E-state index < -0.39 is 6.43 Å². The molecule has 1 aromatic rings. The zero-order chi connectivity index (χ0) is 10.7. The minimum Gasteiger partial charge on any atom is -0.481 e. The highest BCUT2D eigenvalue weighted by Crippen LogP contribution is 2.33. The molecule has 0 aliphatic carbocycles. The molecule has 14 heavy (non-hydrogen) atoms. The zero-order valence-electron chi connectivity index (χ0n) is 7.23. The minimum atomic E-state index is -2.59. The molecule has 1 heterocycles. The third kappa shape index (κ3) is 2.42. The van der Waals surface area contributed by atoms with Crippen molar-refractivity contribution < 1.29 is 13.5 Å². The van der Waals surface area contributed by atoms with Crippen LogP contribution in [-0.4, -0.2) is 12.1 Å². The molecular formula is C8H7Br2F2NO. The van der Waals surface area contributed by atoms with Gasteiger partial charge >= 0.3 is 0 Å². The van der Waals surface area contributed by atoms with E-state index in [9.17, 15) is 8.78 Å². The van der Waals surface area contributed by atoms with E-state index in [1.54, 1.807) is 6.07 Å². The van der Waals surface area contributed by atoms with Crippen molar-refractivity contribution in [2.75, 3.05) is 7.11 Å². The van der Waals surface area contributed by atoms with Gasteiger partial charge < -0.3 is 4.74 Å². The molecule has 0 amide bonds. The summed E-state index contributed by atoms with van der Waals surface area (Å²) in [5.41, 5.74) is 0.311. The molecule has 0 fully saturated rings. The quantitative estimate of drug-likeness (QED) is 0.623. The summed E-state index contributed by atoms with van der Waals surface area (Å²) in [6.45, 7) is 0. The van der Waals surface area contributed by atoms with Crippen molar-refractivity contribution in [2.24, 2.45) is 0 Å². The molecule has 0 aliphatic rings. The normalized spacial score (nSPS) is 10.7. The maximum atomic E-state index is 12.6. The number of methoxy groups -OCH3 is 1. The third-order valence-electron chi connectivity index (χ3n) is 1.63. The zero-order valence-corrected chi connectivity index (χ0v) is 10.4. The molecule has 6 heteroatoms. The Morgan fingerprint density at radius 1 is 1.57 bits per heavy atom. The summed E-state index contributed by atoms with van der Waals surface area (Å²) in [6, 6.07) is 1.54. The molecule has 1 aromatic heterocycles. The summed E-state index contributed by atoms with van der Waals surface area (Å²) in [7, 11) is 1.32. The summed E-state index contributed by atoms with van der Waals surface area (Å²) in [5, 5.41) is 0.337. The van der Waals surface area contributed by atoms with Gasteiger partial charge in [0, 0.05) is 5.33 Å². The smallest absolute Gasteiger partial charge is 0.269 e. The van der Waals surface area contributed by atoms with E-state index in [2.05, 4.69) is 36.8 Å². The molecule has 0 saturated heterocycles. The number of pyridine rings is 1. The second kappa shape index (κ2) is 5.02. The lowest BCUT2D eigenvalue weighted by molar-refractivity contribution is 0.145. The van der Waals surface area contributed by atoms with Crippen molar-refractivity contribution in [1.29, 1.82) is 0 Å². The van der Waals surface area contributed by atoms with Crippen molar-refractivity contribution >= 4 is 31.9 Å². The number of ether oxygens (including phenoxy) is 1. The molecule has 0 unspecified atom stereocenters. The molecule has 0 radical (unpaired) electrons. The second-order valence-corrected chi connectivity index (χ2v) is 3.83. The second-order valence-electron chi connectivity index (χ2n) is 2.46. The number of aromatic nitrogens is 1. The Balaban J connectivity index is 3.33. The maximum absolute atomic E-state index is 12.6. The van der Waals surface area contributed by atoms with Crippen LogP contribution < -0.4 is 4.74 Å². The summed E-state index contributed by atoms with van der Waals surface area (Å²) in [6.07, 6.45) is -2.59. The highest BCUT2D eigenvalue weighted by atomic mass is 79.9. The first-order valence-corrected chi connectivity index (χ1v) is 5.59. The molecule has 0 bridgehead atoms. The van der Waals surface area contributed by atoms with Crippen LogP contribution in [-0.2, 0) is 5.33 Å². The fraction of sp³-hybridized carbons (Fsp3) is 0.375. The van der Waals surface area contributed by atoms with E-state index in [0.29, 0.717) is 15.5 Å². The molecule has 1 rings (SSSR count). The number of halogens is 4. The molecule has 0 spiro atoms. The van der Waals surface area contributed by atoms with Gasteiger partial charge in [-0.3, -0.25) is 0 Å². The predicted molar refractivity (Wildman–Crippen MR) is 56.1 cm³/mol. The standard InChI is InChI=1S/C8H7Br2F2NO/c1-14-8-6(7(11)12)4(3-9)2-5(10)13-8/h2,7H,3H2,1H3. The Morgan fingerprint density at radius 2 is 2.21 bits per heavy atom. The van der Waals surface area contributed by atoms with Gasteiger partial charge in [-0.1, -0.05) is 15.9 Å². The van der Waals surface area contributed by atoms with E-state index in [-0.39, 0.29) is 11.4 Å². The van der Waals surface area contributed by atoms with Gasteiger partial charge in [-0.25, -0.2) is 13.8 Å². The van der Waals surface area contributed by atoms with E-state index in [1.807, 2.05) is 0 Å². The van der Waals surface area contributed by atoms with E-state index in [4.69, 9.17) is 4.74 Å². The van der Waals surface area contributed by atoms with Gasteiger partial charge in [0.25, 0.3) is 6.43 Å². The lowest BCUT2D eigenvalue weighted by atomic mass is 10.1. The summed E-state index contributed by atoms with van der Waals surface area (Å²) < 4.78 is 30.5. The molecule has 0 aromatic carbocycles. The van der Waals surface area contributed by atoms with Crippen LogP contribution in [0.1, 0.15) is 17.6 Å². The Hall–Kier alpha value is -0.230. The number of rotatable bonds is 3. The molecule has 0 N–H and O–H groups in total. The lowest BCUT2D eigenvalue weighted by Crippen LogP contribution is -2.00. The van der Waals surface area contributed by atoms with Crippen molar-refractivity contribution in [2.45, 2.75) is 11.8 Å². The summed E-state index contributed by atoms with van der Waals surface area (Å²) in [4.78, 5) is 3.82. The average molecular weight is 331 g/mol. The van der Waals surface area contributed by atoms with Crippen LogP contribution in [0.15, 0.2) is 10.7 Å². The van der Waals surface area contributed by atoms with Crippen molar-refractivity contribution in [3.05, 3.63) is 21.8 Å². The van der Waals surface area contributed by atoms with E-state index in [0.717, 1.165) is 0 Å². The Morgan fingerprint density at radius 3 is 2.64 bits per heavy atom. The first-order chi connectivity index (χ1) is 6.60. The van der Waals surface area contributed by atoms with Gasteiger partial charge in [0.05, 0.1) is 12.7 Å². The number of alkyl halides is 3. The van der Waals surface area contributed by atoms with Crippen molar-refractivity contribution in [3.63, 3.8) is 0 Å². The predicted octanol–water partition coefficient (Wildman–Crippen LogP) is 3.69. The van der Waals surface area contributed by atoms with Crippen LogP contribution in [0.3, 0.4) is 0 Å². The Kier molecular flexibility index (Phi) is 4.25. The van der Waals surface area contributed by atoms with Crippen LogP contribution in [0.2, 0.25) is 0 Å². The third-order valence-corrected chi connectivity index (χ3v) is 2.64. The first kappa shape index (κ1) is 11.8. The average Bonchev–Trinajstić information content (AvgIpc) is 2.15. The van der Waals surface area contributed by atoms with Crippen LogP contribution in [0.5, 0.6) is 5.88 Å². The van der Waals surface area contributed by atoms with Gasteiger partial charge in [0.2, 0.25) is 5.88 Å². The number of nitrogens with zero attached hydrogens (tertiary/aromatic N) is 1. The molecule has 0 atom stereocenters. The van der Waals surface area contributed by atoms with Gasteiger partial charge in [-0.05, 0) is 27.6 Å². The van der Waals surface area contributed by atoms with E-state index >= 15 is 0 Å². The van der Waals surface area contributed by atoms with Gasteiger partial charge in [0.1, 0.15) is 4.60 Å². The van der Waals surface area contributed by atoms with Crippen LogP contribution in [0.25, 0.3) is 0 Å². The molecule has 2 nitrogen and oxygen atoms in total. The summed E-state index contributed by atoms with van der Waals surface area (Å²) >= 11 is 6.26.